The smallest absolute Gasteiger partial charge is 0.0786 e. The summed E-state index contributed by atoms with van der Waals surface area (Å²) in [5.41, 5.74) is 3.48. The van der Waals surface area contributed by atoms with Crippen molar-refractivity contribution in [1.82, 2.24) is 25.2 Å². The van der Waals surface area contributed by atoms with E-state index in [0.717, 1.165) is 44.1 Å². The van der Waals surface area contributed by atoms with Crippen LogP contribution in [0.2, 0.25) is 0 Å². The van der Waals surface area contributed by atoms with Gasteiger partial charge < -0.3 is 5.32 Å². The molecular formula is C14H19N5. The molecule has 1 aromatic carbocycles. The summed E-state index contributed by atoms with van der Waals surface area (Å²) in [7, 11) is 0. The average Bonchev–Trinajstić information content (AvgIpc) is 2.89. The molecule has 0 atom stereocenters. The molecule has 19 heavy (non-hydrogen) atoms. The van der Waals surface area contributed by atoms with Gasteiger partial charge in [0.15, 0.2) is 0 Å². The Kier molecular flexibility index (Phi) is 3.57. The minimum Gasteiger partial charge on any atom is -0.314 e. The zero-order chi connectivity index (χ0) is 13.1. The van der Waals surface area contributed by atoms with Gasteiger partial charge in [-0.3, -0.25) is 4.90 Å². The van der Waals surface area contributed by atoms with Gasteiger partial charge >= 0.3 is 0 Å². The first-order valence-corrected chi connectivity index (χ1v) is 6.72. The highest BCUT2D eigenvalue weighted by atomic mass is 15.4. The normalized spacial score (nSPS) is 16.7. The van der Waals surface area contributed by atoms with Crippen LogP contribution in [0.1, 0.15) is 11.3 Å². The van der Waals surface area contributed by atoms with E-state index in [2.05, 4.69) is 51.7 Å². The quantitative estimate of drug-likeness (QED) is 0.890. The van der Waals surface area contributed by atoms with Crippen LogP contribution < -0.4 is 5.32 Å². The first kappa shape index (κ1) is 12.3. The molecule has 0 spiro atoms. The number of benzene rings is 1. The third-order valence-corrected chi connectivity index (χ3v) is 3.49. The van der Waals surface area contributed by atoms with Crippen LogP contribution in [0, 0.1) is 6.92 Å². The zero-order valence-corrected chi connectivity index (χ0v) is 11.2. The zero-order valence-electron chi connectivity index (χ0n) is 11.2. The summed E-state index contributed by atoms with van der Waals surface area (Å²) in [6.07, 6.45) is 1.86. The Morgan fingerprint density at radius 2 is 1.89 bits per heavy atom. The Hall–Kier alpha value is -1.72. The SMILES string of the molecule is Cc1ccc(-n2nncc2CN2CCNCC2)cc1. The van der Waals surface area contributed by atoms with Crippen molar-refractivity contribution in [2.75, 3.05) is 26.2 Å². The Balaban J connectivity index is 1.79. The lowest BCUT2D eigenvalue weighted by molar-refractivity contribution is 0.229. The van der Waals surface area contributed by atoms with Crippen LogP contribution in [0.25, 0.3) is 5.69 Å². The largest absolute Gasteiger partial charge is 0.314 e. The van der Waals surface area contributed by atoms with E-state index in [1.54, 1.807) is 0 Å². The standard InChI is InChI=1S/C14H19N5/c1-12-2-4-13(5-3-12)19-14(10-16-17-19)11-18-8-6-15-7-9-18/h2-5,10,15H,6-9,11H2,1H3. The fraction of sp³-hybridized carbons (Fsp3) is 0.429. The van der Waals surface area contributed by atoms with E-state index in [1.165, 1.54) is 5.56 Å². The van der Waals surface area contributed by atoms with E-state index in [1.807, 2.05) is 10.9 Å². The van der Waals surface area contributed by atoms with Crippen LogP contribution in [0.15, 0.2) is 30.5 Å². The molecule has 1 aliphatic rings. The molecule has 3 rings (SSSR count). The van der Waals surface area contributed by atoms with Crippen LogP contribution >= 0.6 is 0 Å². The Morgan fingerprint density at radius 3 is 2.63 bits per heavy atom. The molecule has 1 fully saturated rings. The van der Waals surface area contributed by atoms with Crippen molar-refractivity contribution >= 4 is 0 Å². The fourth-order valence-corrected chi connectivity index (χ4v) is 2.37. The van der Waals surface area contributed by atoms with Crippen LogP contribution in [0.5, 0.6) is 0 Å². The molecule has 1 aromatic heterocycles. The molecule has 0 radical (unpaired) electrons. The third-order valence-electron chi connectivity index (χ3n) is 3.49. The van der Waals surface area contributed by atoms with Gasteiger partial charge in [-0.2, -0.15) is 0 Å². The highest BCUT2D eigenvalue weighted by Crippen LogP contribution is 2.12. The lowest BCUT2D eigenvalue weighted by Gasteiger charge is -2.26. The van der Waals surface area contributed by atoms with E-state index >= 15 is 0 Å². The number of piperazine rings is 1. The number of nitrogens with zero attached hydrogens (tertiary/aromatic N) is 4. The number of aromatic nitrogens is 3. The summed E-state index contributed by atoms with van der Waals surface area (Å²) in [4.78, 5) is 2.43. The highest BCUT2D eigenvalue weighted by Gasteiger charge is 2.13. The van der Waals surface area contributed by atoms with Crippen molar-refractivity contribution in [2.24, 2.45) is 0 Å². The summed E-state index contributed by atoms with van der Waals surface area (Å²) in [6.45, 7) is 7.28. The van der Waals surface area contributed by atoms with E-state index in [0.29, 0.717) is 0 Å². The van der Waals surface area contributed by atoms with Gasteiger partial charge in [0.05, 0.1) is 17.6 Å². The maximum Gasteiger partial charge on any atom is 0.0786 e. The van der Waals surface area contributed by atoms with E-state index < -0.39 is 0 Å². The van der Waals surface area contributed by atoms with Gasteiger partial charge in [0.25, 0.3) is 0 Å². The number of nitrogens with one attached hydrogen (secondary N) is 1. The molecule has 100 valence electrons. The highest BCUT2D eigenvalue weighted by molar-refractivity contribution is 5.34. The molecular weight excluding hydrogens is 238 g/mol. The first-order valence-electron chi connectivity index (χ1n) is 6.72. The van der Waals surface area contributed by atoms with Crippen molar-refractivity contribution < 1.29 is 0 Å². The molecule has 2 aromatic rings. The third kappa shape index (κ3) is 2.83. The number of hydrogen-bond acceptors (Lipinski definition) is 4. The summed E-state index contributed by atoms with van der Waals surface area (Å²) >= 11 is 0. The Morgan fingerprint density at radius 1 is 1.16 bits per heavy atom. The molecule has 0 amide bonds. The Bertz CT molecular complexity index is 525. The van der Waals surface area contributed by atoms with Crippen molar-refractivity contribution in [3.63, 3.8) is 0 Å². The van der Waals surface area contributed by atoms with Gasteiger partial charge in [0.1, 0.15) is 0 Å². The average molecular weight is 257 g/mol. The van der Waals surface area contributed by atoms with Gasteiger partial charge in [0, 0.05) is 32.7 Å². The van der Waals surface area contributed by atoms with E-state index in [-0.39, 0.29) is 0 Å². The van der Waals surface area contributed by atoms with Crippen molar-refractivity contribution in [2.45, 2.75) is 13.5 Å². The minimum atomic E-state index is 0.905. The molecule has 0 aliphatic carbocycles. The van der Waals surface area contributed by atoms with Crippen molar-refractivity contribution in [3.8, 4) is 5.69 Å². The second-order valence-corrected chi connectivity index (χ2v) is 5.00. The molecule has 0 saturated carbocycles. The topological polar surface area (TPSA) is 46.0 Å². The predicted molar refractivity (Wildman–Crippen MR) is 74.2 cm³/mol. The van der Waals surface area contributed by atoms with Crippen LogP contribution in [0.3, 0.4) is 0 Å². The minimum absolute atomic E-state index is 0.905. The molecule has 0 bridgehead atoms. The monoisotopic (exact) mass is 257 g/mol. The molecule has 5 nitrogen and oxygen atoms in total. The van der Waals surface area contributed by atoms with Gasteiger partial charge in [0.2, 0.25) is 0 Å². The summed E-state index contributed by atoms with van der Waals surface area (Å²) in [6, 6.07) is 8.38. The van der Waals surface area contributed by atoms with Crippen LogP contribution in [-0.4, -0.2) is 46.1 Å². The number of aryl methyl sites for hydroxylation is 1. The molecule has 5 heteroatoms. The number of hydrogen-bond donors (Lipinski definition) is 1. The summed E-state index contributed by atoms with van der Waals surface area (Å²) in [5.74, 6) is 0. The lowest BCUT2D eigenvalue weighted by Crippen LogP contribution is -2.43. The molecule has 1 aliphatic heterocycles. The van der Waals surface area contributed by atoms with Gasteiger partial charge in [-0.1, -0.05) is 22.9 Å². The van der Waals surface area contributed by atoms with Crippen LogP contribution in [0.4, 0.5) is 0 Å². The lowest BCUT2D eigenvalue weighted by atomic mass is 10.2. The molecule has 1 saturated heterocycles. The van der Waals surface area contributed by atoms with Crippen molar-refractivity contribution in [3.05, 3.63) is 41.7 Å². The number of rotatable bonds is 3. The summed E-state index contributed by atoms with van der Waals surface area (Å²) < 4.78 is 1.93. The second kappa shape index (κ2) is 5.50. The molecule has 1 N–H and O–H groups in total. The van der Waals surface area contributed by atoms with Gasteiger partial charge in [-0.15, -0.1) is 5.10 Å². The van der Waals surface area contributed by atoms with E-state index in [9.17, 15) is 0 Å². The van der Waals surface area contributed by atoms with Crippen LogP contribution in [-0.2, 0) is 6.54 Å². The van der Waals surface area contributed by atoms with E-state index in [4.69, 9.17) is 0 Å². The Labute approximate surface area is 113 Å². The van der Waals surface area contributed by atoms with Crippen molar-refractivity contribution in [1.29, 1.82) is 0 Å². The summed E-state index contributed by atoms with van der Waals surface area (Å²) in [5, 5.41) is 11.6. The van der Waals surface area contributed by atoms with Gasteiger partial charge in [-0.25, -0.2) is 4.68 Å². The molecule has 2 heterocycles. The maximum atomic E-state index is 4.21. The second-order valence-electron chi connectivity index (χ2n) is 5.00. The molecule has 0 unspecified atom stereocenters. The maximum absolute atomic E-state index is 4.21. The first-order chi connectivity index (χ1) is 9.33. The predicted octanol–water partition coefficient (Wildman–Crippen LogP) is 0.981. The van der Waals surface area contributed by atoms with Gasteiger partial charge in [-0.05, 0) is 19.1 Å². The fourth-order valence-electron chi connectivity index (χ4n) is 2.37.